The number of nitrogens with one attached hydrogen (secondary N) is 1. The molecule has 4 heterocycles. The van der Waals surface area contributed by atoms with E-state index in [1.165, 1.54) is 17.5 Å². The number of amides is 1. The van der Waals surface area contributed by atoms with Gasteiger partial charge in [-0.15, -0.1) is 11.3 Å². The van der Waals surface area contributed by atoms with Gasteiger partial charge >= 0.3 is 0 Å². The molecule has 1 aromatic carbocycles. The number of carbonyl (C=O) groups is 1. The highest BCUT2D eigenvalue weighted by atomic mass is 32.1. The molecule has 0 saturated heterocycles. The number of aliphatic hydroxyl groups excluding tert-OH is 1. The number of benzene rings is 1. The van der Waals surface area contributed by atoms with E-state index in [-0.39, 0.29) is 17.6 Å². The average molecular weight is 496 g/mol. The Labute approximate surface area is 201 Å². The molecule has 0 spiro atoms. The van der Waals surface area contributed by atoms with Crippen molar-refractivity contribution in [2.75, 3.05) is 5.32 Å². The smallest absolute Gasteiger partial charge is 0.274 e. The van der Waals surface area contributed by atoms with Gasteiger partial charge < -0.3 is 14.9 Å². The molecule has 1 amide bonds. The van der Waals surface area contributed by atoms with Gasteiger partial charge in [0.25, 0.3) is 12.3 Å². The van der Waals surface area contributed by atoms with Crippen molar-refractivity contribution in [2.24, 2.45) is 0 Å². The Kier molecular flexibility index (Phi) is 6.05. The van der Waals surface area contributed by atoms with Gasteiger partial charge in [-0.2, -0.15) is 4.98 Å². The van der Waals surface area contributed by atoms with E-state index in [1.54, 1.807) is 28.1 Å². The zero-order valence-electron chi connectivity index (χ0n) is 18.2. The van der Waals surface area contributed by atoms with Gasteiger partial charge in [0.15, 0.2) is 0 Å². The molecule has 0 bridgehead atoms. The van der Waals surface area contributed by atoms with Crippen LogP contribution in [0, 0.1) is 6.92 Å². The maximum atomic E-state index is 13.1. The van der Waals surface area contributed by atoms with Crippen molar-refractivity contribution >= 4 is 28.6 Å². The van der Waals surface area contributed by atoms with E-state index in [4.69, 9.17) is 4.52 Å². The summed E-state index contributed by atoms with van der Waals surface area (Å²) < 4.78 is 31.8. The molecule has 178 valence electrons. The second-order valence-corrected chi connectivity index (χ2v) is 8.48. The Morgan fingerprint density at radius 2 is 2.06 bits per heavy atom. The van der Waals surface area contributed by atoms with Crippen LogP contribution in [0.1, 0.15) is 21.9 Å². The molecule has 9 nitrogen and oxygen atoms in total. The molecule has 12 heteroatoms. The molecule has 0 fully saturated rings. The highest BCUT2D eigenvalue weighted by Gasteiger charge is 2.21. The molecule has 5 aromatic rings. The van der Waals surface area contributed by atoms with Crippen molar-refractivity contribution in [1.29, 1.82) is 0 Å². The average Bonchev–Trinajstić information content (AvgIpc) is 3.61. The van der Waals surface area contributed by atoms with Crippen LogP contribution >= 0.6 is 11.3 Å². The van der Waals surface area contributed by atoms with Gasteiger partial charge in [0.2, 0.25) is 11.7 Å². The van der Waals surface area contributed by atoms with Crippen molar-refractivity contribution in [1.82, 2.24) is 24.5 Å². The highest BCUT2D eigenvalue weighted by Crippen LogP contribution is 2.25. The summed E-state index contributed by atoms with van der Waals surface area (Å²) in [7, 11) is 0. The molecule has 0 aliphatic rings. The first kappa shape index (κ1) is 22.7. The van der Waals surface area contributed by atoms with Crippen LogP contribution in [0.15, 0.2) is 58.1 Å². The summed E-state index contributed by atoms with van der Waals surface area (Å²) >= 11 is 1.48. The lowest BCUT2D eigenvalue weighted by Crippen LogP contribution is -2.20. The monoisotopic (exact) mass is 496 g/mol. The number of rotatable bonds is 7. The number of aryl methyl sites for hydroxylation is 1. The first-order valence-corrected chi connectivity index (χ1v) is 11.4. The van der Waals surface area contributed by atoms with E-state index in [2.05, 4.69) is 25.4 Å². The summed E-state index contributed by atoms with van der Waals surface area (Å²) in [6.07, 6.45) is -1.96. The fourth-order valence-corrected chi connectivity index (χ4v) is 4.02. The van der Waals surface area contributed by atoms with Crippen molar-refractivity contribution in [3.63, 3.8) is 0 Å². The minimum absolute atomic E-state index is 0.111. The number of alkyl halides is 2. The number of carbonyl (C=O) groups excluding carboxylic acids is 1. The molecule has 1 atom stereocenters. The minimum atomic E-state index is -2.91. The van der Waals surface area contributed by atoms with Crippen LogP contribution in [0.25, 0.3) is 28.3 Å². The summed E-state index contributed by atoms with van der Waals surface area (Å²) in [5.41, 5.74) is 6.17. The third kappa shape index (κ3) is 4.66. The number of thiazole rings is 1. The SMILES string of the molecule is Cc1ccc(-c2noc(C[C@H](O)C(F)F)n2)cc1NC(=O)c1cnc2ccc(-c3cscn3)cn12. The van der Waals surface area contributed by atoms with Gasteiger partial charge in [0, 0.05) is 28.4 Å². The molecule has 0 saturated carbocycles. The van der Waals surface area contributed by atoms with E-state index < -0.39 is 19.0 Å². The number of aliphatic hydroxyl groups is 1. The molecule has 4 aromatic heterocycles. The van der Waals surface area contributed by atoms with Crippen LogP contribution in [0.3, 0.4) is 0 Å². The van der Waals surface area contributed by atoms with Crippen molar-refractivity contribution < 1.29 is 23.2 Å². The van der Waals surface area contributed by atoms with Crippen LogP contribution in [-0.4, -0.2) is 48.1 Å². The number of halogens is 2. The van der Waals surface area contributed by atoms with Gasteiger partial charge in [-0.05, 0) is 30.7 Å². The molecule has 0 radical (unpaired) electrons. The van der Waals surface area contributed by atoms with Crippen LogP contribution in [0.4, 0.5) is 14.5 Å². The van der Waals surface area contributed by atoms with Gasteiger partial charge in [-0.3, -0.25) is 9.20 Å². The van der Waals surface area contributed by atoms with E-state index in [9.17, 15) is 18.7 Å². The second-order valence-electron chi connectivity index (χ2n) is 7.76. The third-order valence-electron chi connectivity index (χ3n) is 5.35. The van der Waals surface area contributed by atoms with Crippen LogP contribution in [-0.2, 0) is 6.42 Å². The zero-order chi connectivity index (χ0) is 24.5. The third-order valence-corrected chi connectivity index (χ3v) is 5.94. The van der Waals surface area contributed by atoms with Crippen LogP contribution in [0.2, 0.25) is 0 Å². The summed E-state index contributed by atoms with van der Waals surface area (Å²) in [6.45, 7) is 1.83. The molecule has 35 heavy (non-hydrogen) atoms. The molecule has 0 aliphatic carbocycles. The predicted molar refractivity (Wildman–Crippen MR) is 124 cm³/mol. The lowest BCUT2D eigenvalue weighted by Gasteiger charge is -2.10. The number of hydrogen-bond donors (Lipinski definition) is 2. The first-order chi connectivity index (χ1) is 16.9. The maximum Gasteiger partial charge on any atom is 0.274 e. The summed E-state index contributed by atoms with van der Waals surface area (Å²) in [4.78, 5) is 25.8. The Morgan fingerprint density at radius 1 is 1.23 bits per heavy atom. The highest BCUT2D eigenvalue weighted by molar-refractivity contribution is 7.07. The van der Waals surface area contributed by atoms with E-state index in [0.717, 1.165) is 16.8 Å². The van der Waals surface area contributed by atoms with E-state index in [0.29, 0.717) is 22.6 Å². The van der Waals surface area contributed by atoms with E-state index >= 15 is 0 Å². The molecule has 5 rings (SSSR count). The summed E-state index contributed by atoms with van der Waals surface area (Å²) in [5.74, 6) is -0.331. The number of fused-ring (bicyclic) bond motifs is 1. The number of imidazole rings is 1. The second kappa shape index (κ2) is 9.31. The number of nitrogens with zero attached hydrogens (tertiary/aromatic N) is 5. The van der Waals surface area contributed by atoms with Crippen LogP contribution < -0.4 is 5.32 Å². The van der Waals surface area contributed by atoms with Gasteiger partial charge in [-0.1, -0.05) is 17.3 Å². The Bertz CT molecular complexity index is 1500. The zero-order valence-corrected chi connectivity index (χ0v) is 19.0. The number of aromatic nitrogens is 5. The van der Waals surface area contributed by atoms with Crippen molar-refractivity contribution in [3.05, 3.63) is 70.8 Å². The van der Waals surface area contributed by atoms with Gasteiger partial charge in [-0.25, -0.2) is 18.7 Å². The fraction of sp³-hybridized carbons (Fsp3) is 0.174. The standard InChI is InChI=1S/C23H18F2N6O3S/c1-12-2-3-13(22-29-20(34-30-22)7-18(32)21(24)25)6-15(12)28-23(33)17-8-26-19-5-4-14(9-31(17)19)16-10-35-11-27-16/h2-6,8-11,18,21,32H,7H2,1H3,(H,28,33)/t18-/m0/s1. The van der Waals surface area contributed by atoms with E-state index in [1.807, 2.05) is 30.6 Å². The summed E-state index contributed by atoms with van der Waals surface area (Å²) in [5, 5.41) is 17.9. The van der Waals surface area contributed by atoms with Crippen molar-refractivity contribution in [3.8, 4) is 22.6 Å². The number of anilines is 1. The summed E-state index contributed by atoms with van der Waals surface area (Å²) in [6, 6.07) is 8.86. The van der Waals surface area contributed by atoms with Gasteiger partial charge in [0.1, 0.15) is 17.4 Å². The largest absolute Gasteiger partial charge is 0.387 e. The Hall–Kier alpha value is -4.03. The lowest BCUT2D eigenvalue weighted by molar-refractivity contribution is -0.00754. The molecule has 2 N–H and O–H groups in total. The van der Waals surface area contributed by atoms with Gasteiger partial charge in [0.05, 0.1) is 23.8 Å². The number of pyridine rings is 1. The fourth-order valence-electron chi connectivity index (χ4n) is 3.46. The maximum absolute atomic E-state index is 13.1. The first-order valence-electron chi connectivity index (χ1n) is 10.5. The molecular formula is C23H18F2N6O3S. The molecular weight excluding hydrogens is 478 g/mol. The quantitative estimate of drug-likeness (QED) is 0.346. The van der Waals surface area contributed by atoms with Crippen molar-refractivity contribution in [2.45, 2.75) is 25.9 Å². The Morgan fingerprint density at radius 3 is 2.83 bits per heavy atom. The molecule has 0 aliphatic heterocycles. The Balaban J connectivity index is 1.40. The van der Waals surface area contributed by atoms with Crippen LogP contribution in [0.5, 0.6) is 0 Å². The lowest BCUT2D eigenvalue weighted by atomic mass is 10.1. The topological polar surface area (TPSA) is 118 Å². The molecule has 0 unspecified atom stereocenters. The number of hydrogen-bond acceptors (Lipinski definition) is 8. The minimum Gasteiger partial charge on any atom is -0.387 e. The normalized spacial score (nSPS) is 12.4. The predicted octanol–water partition coefficient (Wildman–Crippen LogP) is 4.24.